The third-order valence-electron chi connectivity index (χ3n) is 4.47. The van der Waals surface area contributed by atoms with Crippen LogP contribution in [0.3, 0.4) is 0 Å². The average Bonchev–Trinajstić information content (AvgIpc) is 2.66. The summed E-state index contributed by atoms with van der Waals surface area (Å²) in [5.74, 6) is -0.707. The third kappa shape index (κ3) is 4.43. The van der Waals surface area contributed by atoms with Gasteiger partial charge in [-0.1, -0.05) is 41.5 Å². The Balaban J connectivity index is 1.77. The van der Waals surface area contributed by atoms with Crippen molar-refractivity contribution in [3.63, 3.8) is 0 Å². The molecule has 0 spiro atoms. The summed E-state index contributed by atoms with van der Waals surface area (Å²) in [7, 11) is 0. The summed E-state index contributed by atoms with van der Waals surface area (Å²) in [5.41, 5.74) is 6.01. The molecule has 5 nitrogen and oxygen atoms in total. The number of hydrogen-bond donors (Lipinski definition) is 2. The third-order valence-corrected chi connectivity index (χ3v) is 4.47. The van der Waals surface area contributed by atoms with Gasteiger partial charge < -0.3 is 10.6 Å². The topological polar surface area (TPSA) is 71.1 Å². The fourth-order valence-electron chi connectivity index (χ4n) is 2.97. The number of rotatable bonds is 4. The predicted octanol–water partition coefficient (Wildman–Crippen LogP) is 4.82. The van der Waals surface area contributed by atoms with Crippen molar-refractivity contribution in [2.75, 3.05) is 10.6 Å². The standard InChI is InChI=1S/C23H23N3O2/c1-14-8-10-18(16(3)12-14)25-22(27)20-6-5-7-21(24-20)23(28)26-19-11-9-15(2)13-17(19)4/h5-13H,1-4H3,(H,25,27)(H,26,28). The maximum absolute atomic E-state index is 12.6. The highest BCUT2D eigenvalue weighted by atomic mass is 16.2. The SMILES string of the molecule is Cc1ccc(NC(=O)c2cccc(C(=O)Nc3ccc(C)cc3C)n2)c(C)c1. The molecule has 0 unspecified atom stereocenters. The van der Waals surface area contributed by atoms with Crippen molar-refractivity contribution in [1.29, 1.82) is 0 Å². The van der Waals surface area contributed by atoms with Gasteiger partial charge in [-0.05, 0) is 63.1 Å². The fraction of sp³-hybridized carbons (Fsp3) is 0.174. The molecule has 1 heterocycles. The molecule has 0 atom stereocenters. The van der Waals surface area contributed by atoms with Crippen molar-refractivity contribution in [2.45, 2.75) is 27.7 Å². The quantitative estimate of drug-likeness (QED) is 0.689. The van der Waals surface area contributed by atoms with Crippen LogP contribution in [0.1, 0.15) is 43.2 Å². The molecule has 0 fully saturated rings. The second-order valence-electron chi connectivity index (χ2n) is 6.95. The van der Waals surface area contributed by atoms with Crippen LogP contribution < -0.4 is 10.6 Å². The number of hydrogen-bond acceptors (Lipinski definition) is 3. The van der Waals surface area contributed by atoms with Gasteiger partial charge in [0.15, 0.2) is 0 Å². The zero-order valence-corrected chi connectivity index (χ0v) is 16.5. The van der Waals surface area contributed by atoms with Gasteiger partial charge in [-0.15, -0.1) is 0 Å². The van der Waals surface area contributed by atoms with Crippen LogP contribution in [0.25, 0.3) is 0 Å². The Hall–Kier alpha value is -3.47. The Kier molecular flexibility index (Phi) is 5.54. The summed E-state index contributed by atoms with van der Waals surface area (Å²) in [6.07, 6.45) is 0. The van der Waals surface area contributed by atoms with Crippen molar-refractivity contribution >= 4 is 23.2 Å². The lowest BCUT2D eigenvalue weighted by Gasteiger charge is -2.11. The van der Waals surface area contributed by atoms with E-state index in [2.05, 4.69) is 15.6 Å². The van der Waals surface area contributed by atoms with Crippen LogP contribution in [0.2, 0.25) is 0 Å². The van der Waals surface area contributed by atoms with Gasteiger partial charge in [0, 0.05) is 11.4 Å². The van der Waals surface area contributed by atoms with Crippen molar-refractivity contribution in [1.82, 2.24) is 4.98 Å². The Morgan fingerprint density at radius 3 is 1.50 bits per heavy atom. The van der Waals surface area contributed by atoms with Gasteiger partial charge in [0.25, 0.3) is 11.8 Å². The van der Waals surface area contributed by atoms with Crippen molar-refractivity contribution in [3.05, 3.63) is 88.2 Å². The number of amides is 2. The Labute approximate surface area is 164 Å². The van der Waals surface area contributed by atoms with Gasteiger partial charge in [0.05, 0.1) is 0 Å². The van der Waals surface area contributed by atoms with Crippen LogP contribution in [0.4, 0.5) is 11.4 Å². The van der Waals surface area contributed by atoms with E-state index in [1.165, 1.54) is 0 Å². The van der Waals surface area contributed by atoms with E-state index in [0.29, 0.717) is 0 Å². The van der Waals surface area contributed by atoms with Crippen molar-refractivity contribution < 1.29 is 9.59 Å². The van der Waals surface area contributed by atoms with Crippen LogP contribution in [0.5, 0.6) is 0 Å². The van der Waals surface area contributed by atoms with Crippen LogP contribution in [-0.2, 0) is 0 Å². The zero-order chi connectivity index (χ0) is 20.3. The number of carbonyl (C=O) groups is 2. The second kappa shape index (κ2) is 8.05. The number of nitrogens with zero attached hydrogens (tertiary/aromatic N) is 1. The first-order valence-corrected chi connectivity index (χ1v) is 9.08. The maximum Gasteiger partial charge on any atom is 0.274 e. The van der Waals surface area contributed by atoms with Gasteiger partial charge in [0.1, 0.15) is 11.4 Å². The number of aryl methyl sites for hydroxylation is 4. The molecule has 0 saturated heterocycles. The molecule has 2 aromatic carbocycles. The largest absolute Gasteiger partial charge is 0.320 e. The first kappa shape index (κ1) is 19.3. The van der Waals surface area contributed by atoms with Crippen LogP contribution >= 0.6 is 0 Å². The van der Waals surface area contributed by atoms with E-state index in [1.54, 1.807) is 18.2 Å². The molecule has 0 aliphatic heterocycles. The lowest BCUT2D eigenvalue weighted by Crippen LogP contribution is -2.19. The van der Waals surface area contributed by atoms with E-state index in [-0.39, 0.29) is 23.2 Å². The number of aromatic nitrogens is 1. The minimum Gasteiger partial charge on any atom is -0.320 e. The molecule has 0 aliphatic carbocycles. The van der Waals surface area contributed by atoms with E-state index in [9.17, 15) is 9.59 Å². The van der Waals surface area contributed by atoms with Gasteiger partial charge in [-0.3, -0.25) is 9.59 Å². The van der Waals surface area contributed by atoms with Crippen molar-refractivity contribution in [3.8, 4) is 0 Å². The number of carbonyl (C=O) groups excluding carboxylic acids is 2. The van der Waals surface area contributed by atoms with Crippen LogP contribution in [-0.4, -0.2) is 16.8 Å². The van der Waals surface area contributed by atoms with Crippen molar-refractivity contribution in [2.24, 2.45) is 0 Å². The normalized spacial score (nSPS) is 10.4. The summed E-state index contributed by atoms with van der Waals surface area (Å²) in [6, 6.07) is 16.4. The van der Waals surface area contributed by atoms with E-state index in [4.69, 9.17) is 0 Å². The number of pyridine rings is 1. The van der Waals surface area contributed by atoms with E-state index in [1.807, 2.05) is 64.1 Å². The van der Waals surface area contributed by atoms with Gasteiger partial charge in [0.2, 0.25) is 0 Å². The molecule has 0 bridgehead atoms. The molecule has 142 valence electrons. The molecule has 2 N–H and O–H groups in total. The van der Waals surface area contributed by atoms with Gasteiger partial charge in [-0.25, -0.2) is 4.98 Å². The molecule has 28 heavy (non-hydrogen) atoms. The monoisotopic (exact) mass is 373 g/mol. The van der Waals surface area contributed by atoms with Gasteiger partial charge in [-0.2, -0.15) is 0 Å². The minimum absolute atomic E-state index is 0.188. The zero-order valence-electron chi connectivity index (χ0n) is 16.5. The summed E-state index contributed by atoms with van der Waals surface area (Å²) >= 11 is 0. The molecule has 1 aromatic heterocycles. The number of nitrogens with one attached hydrogen (secondary N) is 2. The molecular weight excluding hydrogens is 350 g/mol. The lowest BCUT2D eigenvalue weighted by atomic mass is 10.1. The molecule has 0 saturated carbocycles. The second-order valence-corrected chi connectivity index (χ2v) is 6.95. The summed E-state index contributed by atoms with van der Waals surface area (Å²) < 4.78 is 0. The summed E-state index contributed by atoms with van der Waals surface area (Å²) in [6.45, 7) is 7.86. The Morgan fingerprint density at radius 2 is 1.11 bits per heavy atom. The molecule has 5 heteroatoms. The van der Waals surface area contributed by atoms with Crippen LogP contribution in [0.15, 0.2) is 54.6 Å². The van der Waals surface area contributed by atoms with Gasteiger partial charge >= 0.3 is 0 Å². The average molecular weight is 373 g/mol. The minimum atomic E-state index is -0.354. The highest BCUT2D eigenvalue weighted by Gasteiger charge is 2.14. The first-order valence-electron chi connectivity index (χ1n) is 9.08. The number of anilines is 2. The van der Waals surface area contributed by atoms with Crippen LogP contribution in [0, 0.1) is 27.7 Å². The molecule has 3 rings (SSSR count). The first-order chi connectivity index (χ1) is 13.3. The number of benzene rings is 2. The molecular formula is C23H23N3O2. The fourth-order valence-corrected chi connectivity index (χ4v) is 2.97. The highest BCUT2D eigenvalue weighted by molar-refractivity contribution is 6.06. The molecule has 0 aliphatic rings. The Bertz CT molecular complexity index is 977. The smallest absolute Gasteiger partial charge is 0.274 e. The summed E-state index contributed by atoms with van der Waals surface area (Å²) in [4.78, 5) is 29.4. The highest BCUT2D eigenvalue weighted by Crippen LogP contribution is 2.18. The van der Waals surface area contributed by atoms with E-state index >= 15 is 0 Å². The molecule has 0 radical (unpaired) electrons. The van der Waals surface area contributed by atoms with E-state index in [0.717, 1.165) is 33.6 Å². The predicted molar refractivity (Wildman–Crippen MR) is 112 cm³/mol. The lowest BCUT2D eigenvalue weighted by molar-refractivity contribution is 0.101. The summed E-state index contributed by atoms with van der Waals surface area (Å²) in [5, 5.41) is 5.70. The maximum atomic E-state index is 12.6. The van der Waals surface area contributed by atoms with E-state index < -0.39 is 0 Å². The molecule has 3 aromatic rings. The Morgan fingerprint density at radius 1 is 0.679 bits per heavy atom. The molecule has 2 amide bonds.